The topological polar surface area (TPSA) is 82.0 Å². The molecule has 0 bridgehead atoms. The summed E-state index contributed by atoms with van der Waals surface area (Å²) in [6, 6.07) is 3.14. The molecule has 1 aromatic carbocycles. The van der Waals surface area contributed by atoms with Crippen LogP contribution in [-0.2, 0) is 20.2 Å². The van der Waals surface area contributed by atoms with E-state index < -0.39 is 15.4 Å². The number of ether oxygens (including phenoxy) is 2. The molecule has 22 heavy (non-hydrogen) atoms. The predicted octanol–water partition coefficient (Wildman–Crippen LogP) is 2.21. The minimum Gasteiger partial charge on any atom is -0.492 e. The molecule has 0 N–H and O–H groups in total. The molecule has 0 heterocycles. The second kappa shape index (κ2) is 6.10. The zero-order valence-electron chi connectivity index (χ0n) is 12.9. The molecule has 1 aromatic rings. The average molecular weight is 325 g/mol. The van der Waals surface area contributed by atoms with Crippen LogP contribution in [0, 0.1) is 0 Å². The molecule has 120 valence electrons. The van der Waals surface area contributed by atoms with Crippen LogP contribution in [0.1, 0.15) is 31.2 Å². The van der Waals surface area contributed by atoms with Crippen molar-refractivity contribution in [3.8, 4) is 11.5 Å². The first-order chi connectivity index (χ1) is 10.4. The highest BCUT2D eigenvalue weighted by molar-refractivity contribution is 7.90. The third kappa shape index (κ3) is 2.74. The number of sulfone groups is 1. The molecular weight excluding hydrogens is 306 g/mol. The number of methoxy groups -OCH3 is 2. The maximum Gasteiger partial charge on any atom is 0.235 e. The van der Waals surface area contributed by atoms with E-state index in [4.69, 9.17) is 9.47 Å². The second-order valence-corrected chi connectivity index (χ2v) is 7.38. The Morgan fingerprint density at radius 2 is 1.73 bits per heavy atom. The van der Waals surface area contributed by atoms with Crippen molar-refractivity contribution in [1.29, 1.82) is 0 Å². The maximum absolute atomic E-state index is 11.9. The molecule has 0 amide bonds. The highest BCUT2D eigenvalue weighted by atomic mass is 32.2. The average Bonchev–Trinajstić information content (AvgIpc) is 2.94. The van der Waals surface area contributed by atoms with Crippen LogP contribution >= 0.6 is 0 Å². The monoisotopic (exact) mass is 325 g/mol. The molecule has 0 unspecified atom stereocenters. The Labute approximate surface area is 130 Å². The fraction of sp³-hybridized carbons (Fsp3) is 0.533. The van der Waals surface area contributed by atoms with Crippen molar-refractivity contribution in [2.45, 2.75) is 36.1 Å². The summed E-state index contributed by atoms with van der Waals surface area (Å²) in [7, 11) is -0.629. The molecule has 0 radical (unpaired) electrons. The summed E-state index contributed by atoms with van der Waals surface area (Å²) >= 11 is 0. The highest BCUT2D eigenvalue weighted by Gasteiger charge is 2.40. The lowest BCUT2D eigenvalue weighted by Crippen LogP contribution is -2.21. The molecule has 1 saturated carbocycles. The maximum atomic E-state index is 11.9. The van der Waals surface area contributed by atoms with Gasteiger partial charge in [-0.2, -0.15) is 4.99 Å². The van der Waals surface area contributed by atoms with Crippen LogP contribution in [0.15, 0.2) is 22.0 Å². The zero-order chi connectivity index (χ0) is 16.4. The number of rotatable bonds is 5. The van der Waals surface area contributed by atoms with Gasteiger partial charge in [-0.25, -0.2) is 13.2 Å². The normalized spacial score (nSPS) is 16.9. The molecule has 0 aliphatic heterocycles. The number of isocyanates is 1. The van der Waals surface area contributed by atoms with Gasteiger partial charge in [0.15, 0.2) is 21.3 Å². The van der Waals surface area contributed by atoms with Gasteiger partial charge in [-0.3, -0.25) is 0 Å². The van der Waals surface area contributed by atoms with Crippen molar-refractivity contribution in [3.63, 3.8) is 0 Å². The standard InChI is InChI=1S/C15H19NO5S/c1-20-13-11(15(16-10-17)8-4-5-9-15)6-7-12(14(13)21-2)22(3,18)19/h6-7H,4-5,8-9H2,1-3H3. The van der Waals surface area contributed by atoms with Crippen LogP contribution in [0.5, 0.6) is 11.5 Å². The quantitative estimate of drug-likeness (QED) is 0.612. The van der Waals surface area contributed by atoms with E-state index in [1.54, 1.807) is 12.1 Å². The van der Waals surface area contributed by atoms with Crippen LogP contribution < -0.4 is 9.47 Å². The van der Waals surface area contributed by atoms with Gasteiger partial charge in [0.25, 0.3) is 0 Å². The summed E-state index contributed by atoms with van der Waals surface area (Å²) in [4.78, 5) is 14.9. The molecule has 1 aliphatic rings. The molecule has 0 aromatic heterocycles. The van der Waals surface area contributed by atoms with Gasteiger partial charge in [0.2, 0.25) is 6.08 Å². The Morgan fingerprint density at radius 1 is 1.14 bits per heavy atom. The molecule has 2 rings (SSSR count). The van der Waals surface area contributed by atoms with E-state index in [1.807, 2.05) is 0 Å². The Hall–Kier alpha value is -1.85. The first kappa shape index (κ1) is 16.5. The predicted molar refractivity (Wildman–Crippen MR) is 80.9 cm³/mol. The summed E-state index contributed by atoms with van der Waals surface area (Å²) in [5, 5.41) is 0. The molecule has 0 saturated heterocycles. The lowest BCUT2D eigenvalue weighted by Gasteiger charge is -2.26. The Kier molecular flexibility index (Phi) is 4.58. The summed E-state index contributed by atoms with van der Waals surface area (Å²) in [6.45, 7) is 0. The summed E-state index contributed by atoms with van der Waals surface area (Å²) in [5.74, 6) is 0.459. The van der Waals surface area contributed by atoms with Crippen molar-refractivity contribution in [1.82, 2.24) is 0 Å². The third-order valence-corrected chi connectivity index (χ3v) is 5.20. The smallest absolute Gasteiger partial charge is 0.235 e. The van der Waals surface area contributed by atoms with E-state index >= 15 is 0 Å². The molecule has 0 spiro atoms. The number of carbonyl (C=O) groups excluding carboxylic acids is 1. The molecule has 1 fully saturated rings. The second-order valence-electron chi connectivity index (χ2n) is 5.39. The van der Waals surface area contributed by atoms with Crippen LogP contribution in [-0.4, -0.2) is 35.0 Å². The van der Waals surface area contributed by atoms with Gasteiger partial charge in [0.1, 0.15) is 10.4 Å². The summed E-state index contributed by atoms with van der Waals surface area (Å²) in [6.07, 6.45) is 6.01. The largest absolute Gasteiger partial charge is 0.492 e. The van der Waals surface area contributed by atoms with Gasteiger partial charge in [-0.15, -0.1) is 0 Å². The van der Waals surface area contributed by atoms with Gasteiger partial charge in [-0.1, -0.05) is 18.9 Å². The zero-order valence-corrected chi connectivity index (χ0v) is 13.7. The van der Waals surface area contributed by atoms with E-state index in [9.17, 15) is 13.2 Å². The van der Waals surface area contributed by atoms with E-state index in [0.29, 0.717) is 24.2 Å². The van der Waals surface area contributed by atoms with Crippen LogP contribution in [0.3, 0.4) is 0 Å². The van der Waals surface area contributed by atoms with Gasteiger partial charge < -0.3 is 9.47 Å². The fourth-order valence-electron chi connectivity index (χ4n) is 3.09. The number of nitrogens with zero attached hydrogens (tertiary/aromatic N) is 1. The molecular formula is C15H19NO5S. The highest BCUT2D eigenvalue weighted by Crippen LogP contribution is 2.49. The lowest BCUT2D eigenvalue weighted by atomic mass is 9.88. The third-order valence-electron chi connectivity index (χ3n) is 4.08. The lowest BCUT2D eigenvalue weighted by molar-refractivity contribution is 0.330. The van der Waals surface area contributed by atoms with Crippen LogP contribution in [0.25, 0.3) is 0 Å². The SMILES string of the molecule is COc1c(C2(N=C=O)CCCC2)ccc(S(C)(=O)=O)c1OC. The number of hydrogen-bond acceptors (Lipinski definition) is 6. The Bertz CT molecular complexity index is 714. The van der Waals surface area contributed by atoms with Crippen LogP contribution in [0.2, 0.25) is 0 Å². The van der Waals surface area contributed by atoms with Crippen molar-refractivity contribution in [2.75, 3.05) is 20.5 Å². The molecule has 0 atom stereocenters. The van der Waals surface area contributed by atoms with Gasteiger partial charge in [0.05, 0.1) is 14.2 Å². The van der Waals surface area contributed by atoms with Crippen molar-refractivity contribution < 1.29 is 22.7 Å². The van der Waals surface area contributed by atoms with Crippen molar-refractivity contribution in [3.05, 3.63) is 17.7 Å². The summed E-state index contributed by atoms with van der Waals surface area (Å²) in [5.41, 5.74) is -0.0451. The first-order valence-electron chi connectivity index (χ1n) is 6.94. The molecule has 1 aliphatic carbocycles. The Morgan fingerprint density at radius 3 is 2.18 bits per heavy atom. The van der Waals surface area contributed by atoms with Crippen molar-refractivity contribution >= 4 is 15.9 Å². The molecule has 6 nitrogen and oxygen atoms in total. The van der Waals surface area contributed by atoms with Gasteiger partial charge in [-0.05, 0) is 18.9 Å². The van der Waals surface area contributed by atoms with E-state index in [1.165, 1.54) is 20.3 Å². The van der Waals surface area contributed by atoms with Gasteiger partial charge >= 0.3 is 0 Å². The van der Waals surface area contributed by atoms with E-state index in [0.717, 1.165) is 19.1 Å². The van der Waals surface area contributed by atoms with Crippen LogP contribution in [0.4, 0.5) is 0 Å². The number of benzene rings is 1. The Balaban J connectivity index is 2.75. The first-order valence-corrected chi connectivity index (χ1v) is 8.83. The fourth-order valence-corrected chi connectivity index (χ4v) is 3.92. The number of aliphatic imine (C=N–C) groups is 1. The van der Waals surface area contributed by atoms with E-state index in [2.05, 4.69) is 4.99 Å². The number of hydrogen-bond donors (Lipinski definition) is 0. The minimum absolute atomic E-state index is 0.0545. The van der Waals surface area contributed by atoms with E-state index in [-0.39, 0.29) is 10.6 Å². The van der Waals surface area contributed by atoms with Crippen molar-refractivity contribution in [2.24, 2.45) is 4.99 Å². The minimum atomic E-state index is -3.46. The molecule has 7 heteroatoms. The summed E-state index contributed by atoms with van der Waals surface area (Å²) < 4.78 is 34.5. The van der Waals surface area contributed by atoms with Gasteiger partial charge in [0, 0.05) is 11.8 Å².